The third-order valence-electron chi connectivity index (χ3n) is 6.54. The van der Waals surface area contributed by atoms with Crippen LogP contribution in [0.1, 0.15) is 66.3 Å². The van der Waals surface area contributed by atoms with Crippen molar-refractivity contribution in [3.8, 4) is 11.4 Å². The van der Waals surface area contributed by atoms with Gasteiger partial charge in [0.1, 0.15) is 17.4 Å². The van der Waals surface area contributed by atoms with Crippen molar-refractivity contribution in [1.82, 2.24) is 14.7 Å². The van der Waals surface area contributed by atoms with Gasteiger partial charge in [0, 0.05) is 36.5 Å². The maximum absolute atomic E-state index is 13.7. The quantitative estimate of drug-likeness (QED) is 0.288. The van der Waals surface area contributed by atoms with Crippen LogP contribution >= 0.6 is 0 Å². The summed E-state index contributed by atoms with van der Waals surface area (Å²) in [4.78, 5) is 26.0. The fraction of sp³-hybridized carbons (Fsp3) is 0.414. The molecule has 1 aromatic heterocycles. The first-order chi connectivity index (χ1) is 18.9. The summed E-state index contributed by atoms with van der Waals surface area (Å²) in [6.45, 7) is 3.93. The number of aromatic nitrogens is 2. The second-order valence-electron chi connectivity index (χ2n) is 10.0. The van der Waals surface area contributed by atoms with Crippen LogP contribution in [0, 0.1) is 11.6 Å². The van der Waals surface area contributed by atoms with Gasteiger partial charge in [0.15, 0.2) is 5.69 Å². The van der Waals surface area contributed by atoms with E-state index in [0.717, 1.165) is 0 Å². The highest BCUT2D eigenvalue weighted by atomic mass is 19.1. The molecule has 3 aromatic rings. The maximum atomic E-state index is 13.7. The van der Waals surface area contributed by atoms with E-state index >= 15 is 0 Å². The number of hydrogen-bond donors (Lipinski definition) is 3. The molecule has 1 heterocycles. The first-order valence-corrected chi connectivity index (χ1v) is 12.9. The van der Waals surface area contributed by atoms with Crippen molar-refractivity contribution in [2.24, 2.45) is 0 Å². The van der Waals surface area contributed by atoms with Crippen molar-refractivity contribution in [2.45, 2.75) is 64.2 Å². The Morgan fingerprint density at radius 1 is 1.05 bits per heavy atom. The standard InChI is InChI=1S/C29H35F2N3O6/c1-17(2)27-24(12-11-22(35)14-23(36)15-26(37)38)34(21-9-7-19(30)8-10-21)32-28(27)29(39)33(3)16-18-5-6-20(31)13-25(18)40-4/h5-10,13,17,22-23,35-36H,11-12,14-16H2,1-4H3,(H,37,38). The van der Waals surface area contributed by atoms with Crippen molar-refractivity contribution in [3.63, 3.8) is 0 Å². The average molecular weight is 560 g/mol. The Balaban J connectivity index is 1.97. The number of amides is 1. The van der Waals surface area contributed by atoms with Crippen LogP contribution in [0.5, 0.6) is 5.75 Å². The van der Waals surface area contributed by atoms with Crippen LogP contribution in [0.3, 0.4) is 0 Å². The predicted molar refractivity (Wildman–Crippen MR) is 144 cm³/mol. The van der Waals surface area contributed by atoms with Gasteiger partial charge in [-0.3, -0.25) is 9.59 Å². The third-order valence-corrected chi connectivity index (χ3v) is 6.54. The molecule has 11 heteroatoms. The Kier molecular flexibility index (Phi) is 10.4. The zero-order chi connectivity index (χ0) is 29.6. The summed E-state index contributed by atoms with van der Waals surface area (Å²) in [5.41, 5.74) is 2.57. The second kappa shape index (κ2) is 13.5. The molecule has 3 rings (SSSR count). The first-order valence-electron chi connectivity index (χ1n) is 12.9. The second-order valence-corrected chi connectivity index (χ2v) is 10.0. The summed E-state index contributed by atoms with van der Waals surface area (Å²) in [5, 5.41) is 33.9. The summed E-state index contributed by atoms with van der Waals surface area (Å²) < 4.78 is 34.2. The van der Waals surface area contributed by atoms with Gasteiger partial charge in [-0.25, -0.2) is 13.5 Å². The van der Waals surface area contributed by atoms with E-state index < -0.39 is 42.1 Å². The fourth-order valence-electron chi connectivity index (χ4n) is 4.64. The predicted octanol–water partition coefficient (Wildman–Crippen LogP) is 4.07. The van der Waals surface area contributed by atoms with Crippen LogP contribution in [0.4, 0.5) is 8.78 Å². The van der Waals surface area contributed by atoms with Gasteiger partial charge in [-0.05, 0) is 55.5 Å². The number of carboxylic acids is 1. The topological polar surface area (TPSA) is 125 Å². The van der Waals surface area contributed by atoms with Crippen LogP contribution in [-0.4, -0.2) is 68.2 Å². The number of carbonyl (C=O) groups excluding carboxylic acids is 1. The molecule has 0 aliphatic heterocycles. The molecule has 0 aliphatic rings. The molecule has 2 unspecified atom stereocenters. The number of aliphatic hydroxyl groups is 2. The van der Waals surface area contributed by atoms with Gasteiger partial charge in [0.05, 0.1) is 31.4 Å². The van der Waals surface area contributed by atoms with E-state index in [9.17, 15) is 28.6 Å². The van der Waals surface area contributed by atoms with E-state index in [2.05, 4.69) is 5.10 Å². The molecule has 1 amide bonds. The van der Waals surface area contributed by atoms with Gasteiger partial charge >= 0.3 is 5.97 Å². The molecule has 9 nitrogen and oxygen atoms in total. The minimum absolute atomic E-state index is 0.123. The number of methoxy groups -OCH3 is 1. The molecule has 0 radical (unpaired) electrons. The van der Waals surface area contributed by atoms with E-state index in [4.69, 9.17) is 9.84 Å². The van der Waals surface area contributed by atoms with E-state index in [1.807, 2.05) is 13.8 Å². The van der Waals surface area contributed by atoms with Gasteiger partial charge in [-0.1, -0.05) is 19.9 Å². The smallest absolute Gasteiger partial charge is 0.305 e. The number of benzene rings is 2. The Bertz CT molecular complexity index is 1330. The number of carbonyl (C=O) groups is 2. The minimum atomic E-state index is -1.20. The number of aliphatic hydroxyl groups excluding tert-OH is 2. The molecule has 2 aromatic carbocycles. The molecule has 216 valence electrons. The van der Waals surface area contributed by atoms with Gasteiger partial charge < -0.3 is 25.0 Å². The van der Waals surface area contributed by atoms with Crippen LogP contribution in [0.25, 0.3) is 5.69 Å². The van der Waals surface area contributed by atoms with E-state index in [1.54, 1.807) is 17.8 Å². The van der Waals surface area contributed by atoms with Gasteiger partial charge in [-0.2, -0.15) is 5.10 Å². The lowest BCUT2D eigenvalue weighted by atomic mass is 9.95. The monoisotopic (exact) mass is 559 g/mol. The number of rotatable bonds is 13. The van der Waals surface area contributed by atoms with E-state index in [-0.39, 0.29) is 37.4 Å². The summed E-state index contributed by atoms with van der Waals surface area (Å²) in [7, 11) is 3.02. The summed E-state index contributed by atoms with van der Waals surface area (Å²) in [6, 6.07) is 9.70. The number of aliphatic carboxylic acids is 1. The number of carboxylic acid groups (broad SMARTS) is 1. The van der Waals surface area contributed by atoms with Crippen molar-refractivity contribution in [3.05, 3.63) is 76.6 Å². The zero-order valence-corrected chi connectivity index (χ0v) is 23.0. The van der Waals surface area contributed by atoms with Crippen LogP contribution in [-0.2, 0) is 17.8 Å². The number of hydrogen-bond acceptors (Lipinski definition) is 6. The minimum Gasteiger partial charge on any atom is -0.496 e. The SMILES string of the molecule is COc1cc(F)ccc1CN(C)C(=O)c1nn(-c2ccc(F)cc2)c(CCC(O)CC(O)CC(=O)O)c1C(C)C. The van der Waals surface area contributed by atoms with Gasteiger partial charge in [0.25, 0.3) is 5.91 Å². The molecule has 3 N–H and O–H groups in total. The largest absolute Gasteiger partial charge is 0.496 e. The normalized spacial score (nSPS) is 12.8. The van der Waals surface area contributed by atoms with Gasteiger partial charge in [0.2, 0.25) is 0 Å². The molecule has 0 saturated heterocycles. The Morgan fingerprint density at radius 2 is 1.70 bits per heavy atom. The summed E-state index contributed by atoms with van der Waals surface area (Å²) in [5.74, 6) is -2.31. The molecule has 40 heavy (non-hydrogen) atoms. The first kappa shape index (κ1) is 30.7. The Morgan fingerprint density at radius 3 is 2.30 bits per heavy atom. The molecule has 0 spiro atoms. The molecule has 0 saturated carbocycles. The molecular weight excluding hydrogens is 524 g/mol. The highest BCUT2D eigenvalue weighted by molar-refractivity contribution is 5.94. The lowest BCUT2D eigenvalue weighted by Gasteiger charge is -2.19. The summed E-state index contributed by atoms with van der Waals surface area (Å²) >= 11 is 0. The van der Waals surface area contributed by atoms with Crippen LogP contribution in [0.2, 0.25) is 0 Å². The van der Waals surface area contributed by atoms with Gasteiger partial charge in [-0.15, -0.1) is 0 Å². The summed E-state index contributed by atoms with van der Waals surface area (Å²) in [6.07, 6.45) is -2.39. The lowest BCUT2D eigenvalue weighted by molar-refractivity contribution is -0.139. The Hall–Kier alpha value is -3.83. The van der Waals surface area contributed by atoms with E-state index in [0.29, 0.717) is 28.3 Å². The number of nitrogens with zero attached hydrogens (tertiary/aromatic N) is 3. The van der Waals surface area contributed by atoms with E-state index in [1.165, 1.54) is 48.4 Å². The lowest BCUT2D eigenvalue weighted by Crippen LogP contribution is -2.28. The number of halogens is 2. The van der Waals surface area contributed by atoms with Crippen molar-refractivity contribution in [2.75, 3.05) is 14.2 Å². The zero-order valence-electron chi connectivity index (χ0n) is 23.0. The third kappa shape index (κ3) is 7.64. The average Bonchev–Trinajstić information content (AvgIpc) is 3.27. The van der Waals surface area contributed by atoms with Crippen LogP contribution < -0.4 is 4.74 Å². The van der Waals surface area contributed by atoms with Crippen molar-refractivity contribution < 1.29 is 38.4 Å². The molecule has 2 atom stereocenters. The maximum Gasteiger partial charge on any atom is 0.305 e. The Labute approximate surface area is 231 Å². The highest BCUT2D eigenvalue weighted by Crippen LogP contribution is 2.30. The molecule has 0 bridgehead atoms. The van der Waals surface area contributed by atoms with Crippen LogP contribution in [0.15, 0.2) is 42.5 Å². The number of ether oxygens (including phenoxy) is 1. The fourth-order valence-corrected chi connectivity index (χ4v) is 4.64. The molecule has 0 aliphatic carbocycles. The van der Waals surface area contributed by atoms with Crippen molar-refractivity contribution in [1.29, 1.82) is 0 Å². The van der Waals surface area contributed by atoms with Crippen molar-refractivity contribution >= 4 is 11.9 Å². The molecular formula is C29H35F2N3O6. The highest BCUT2D eigenvalue weighted by Gasteiger charge is 2.28. The molecule has 0 fully saturated rings.